The summed E-state index contributed by atoms with van der Waals surface area (Å²) in [6.07, 6.45) is 0. The lowest BCUT2D eigenvalue weighted by Gasteiger charge is -2.10. The summed E-state index contributed by atoms with van der Waals surface area (Å²) < 4.78 is 1.75. The molecule has 0 aliphatic heterocycles. The highest BCUT2D eigenvalue weighted by Gasteiger charge is 2.18. The smallest absolute Gasteiger partial charge is 0.372 e. The van der Waals surface area contributed by atoms with Gasteiger partial charge in [0.25, 0.3) is 0 Å². The summed E-state index contributed by atoms with van der Waals surface area (Å²) >= 11 is 0. The summed E-state index contributed by atoms with van der Waals surface area (Å²) in [7, 11) is 0. The van der Waals surface area contributed by atoms with Crippen molar-refractivity contribution >= 4 is 17.0 Å². The lowest BCUT2D eigenvalue weighted by Crippen LogP contribution is -2.11. The van der Waals surface area contributed by atoms with Gasteiger partial charge in [0.2, 0.25) is 5.82 Å². The fraction of sp³-hybridized carbons (Fsp3) is 0.333. The van der Waals surface area contributed by atoms with Crippen LogP contribution in [0.1, 0.15) is 36.1 Å². The highest BCUT2D eigenvalue weighted by atomic mass is 16.4. The van der Waals surface area contributed by atoms with Crippen molar-refractivity contribution in [2.45, 2.75) is 26.8 Å². The first kappa shape index (κ1) is 10.7. The molecule has 0 unspecified atom stereocenters. The molecular formula is C12H14N2O2. The standard InChI is InChI=1S/C12H14N2O2/c1-7(2)14-10-6-8(3)4-5-9(10)13-11(14)12(15)16/h4-7H,1-3H3,(H,15,16). The average Bonchev–Trinajstić information content (AvgIpc) is 2.55. The van der Waals surface area contributed by atoms with Gasteiger partial charge in [0.15, 0.2) is 0 Å². The third-order valence-corrected chi connectivity index (χ3v) is 2.55. The number of aromatic carboxylic acids is 1. The first-order chi connectivity index (χ1) is 7.50. The normalized spacial score (nSPS) is 11.2. The van der Waals surface area contributed by atoms with Crippen molar-refractivity contribution in [2.24, 2.45) is 0 Å². The molecule has 2 rings (SSSR count). The number of carboxylic acids is 1. The molecule has 84 valence electrons. The second kappa shape index (κ2) is 3.63. The number of hydrogen-bond acceptors (Lipinski definition) is 2. The molecule has 4 nitrogen and oxygen atoms in total. The van der Waals surface area contributed by atoms with E-state index in [2.05, 4.69) is 4.98 Å². The SMILES string of the molecule is Cc1ccc2nc(C(=O)O)n(C(C)C)c2c1. The number of carbonyl (C=O) groups is 1. The van der Waals surface area contributed by atoms with Crippen LogP contribution in [0, 0.1) is 6.92 Å². The Kier molecular flexibility index (Phi) is 2.42. The van der Waals surface area contributed by atoms with Crippen molar-refractivity contribution in [3.8, 4) is 0 Å². The third kappa shape index (κ3) is 1.56. The Labute approximate surface area is 93.5 Å². The van der Waals surface area contributed by atoms with Gasteiger partial charge in [-0.1, -0.05) is 6.07 Å². The molecule has 0 spiro atoms. The Bertz CT molecular complexity index is 555. The van der Waals surface area contributed by atoms with E-state index in [0.29, 0.717) is 0 Å². The number of rotatable bonds is 2. The molecule has 0 saturated heterocycles. The molecule has 0 aliphatic carbocycles. The number of imidazole rings is 1. The van der Waals surface area contributed by atoms with Crippen LogP contribution in [-0.4, -0.2) is 20.6 Å². The molecule has 0 saturated carbocycles. The Morgan fingerprint density at radius 3 is 2.69 bits per heavy atom. The Hall–Kier alpha value is -1.84. The third-order valence-electron chi connectivity index (χ3n) is 2.55. The van der Waals surface area contributed by atoms with Gasteiger partial charge < -0.3 is 9.67 Å². The second-order valence-electron chi connectivity index (χ2n) is 4.20. The maximum atomic E-state index is 11.1. The lowest BCUT2D eigenvalue weighted by atomic mass is 10.2. The van der Waals surface area contributed by atoms with Gasteiger partial charge in [-0.3, -0.25) is 0 Å². The summed E-state index contributed by atoms with van der Waals surface area (Å²) in [5.41, 5.74) is 2.72. The number of aryl methyl sites for hydroxylation is 1. The fourth-order valence-electron chi connectivity index (χ4n) is 1.88. The van der Waals surface area contributed by atoms with Crippen molar-refractivity contribution < 1.29 is 9.90 Å². The molecular weight excluding hydrogens is 204 g/mol. The molecule has 0 fully saturated rings. The van der Waals surface area contributed by atoms with E-state index in [4.69, 9.17) is 5.11 Å². The number of aromatic nitrogens is 2. The average molecular weight is 218 g/mol. The molecule has 16 heavy (non-hydrogen) atoms. The van der Waals surface area contributed by atoms with Crippen molar-refractivity contribution in [3.63, 3.8) is 0 Å². The largest absolute Gasteiger partial charge is 0.475 e. The molecule has 1 aromatic heterocycles. The monoisotopic (exact) mass is 218 g/mol. The highest BCUT2D eigenvalue weighted by molar-refractivity contribution is 5.90. The fourth-order valence-corrected chi connectivity index (χ4v) is 1.88. The number of hydrogen-bond donors (Lipinski definition) is 1. The van der Waals surface area contributed by atoms with Crippen LogP contribution in [0.2, 0.25) is 0 Å². The van der Waals surface area contributed by atoms with Crippen LogP contribution >= 0.6 is 0 Å². The summed E-state index contributed by atoms with van der Waals surface area (Å²) in [4.78, 5) is 15.2. The summed E-state index contributed by atoms with van der Waals surface area (Å²) in [5, 5.41) is 9.10. The van der Waals surface area contributed by atoms with E-state index in [1.54, 1.807) is 4.57 Å². The zero-order valence-electron chi connectivity index (χ0n) is 9.56. The van der Waals surface area contributed by atoms with Gasteiger partial charge in [0.05, 0.1) is 11.0 Å². The van der Waals surface area contributed by atoms with E-state index in [1.807, 2.05) is 39.0 Å². The van der Waals surface area contributed by atoms with E-state index in [9.17, 15) is 4.79 Å². The van der Waals surface area contributed by atoms with Gasteiger partial charge in [-0.25, -0.2) is 9.78 Å². The Morgan fingerprint density at radius 1 is 1.44 bits per heavy atom. The zero-order chi connectivity index (χ0) is 11.9. The summed E-state index contributed by atoms with van der Waals surface area (Å²) in [5.74, 6) is -0.877. The molecule has 0 bridgehead atoms. The van der Waals surface area contributed by atoms with Crippen LogP contribution in [0.25, 0.3) is 11.0 Å². The minimum absolute atomic E-state index is 0.0814. The van der Waals surface area contributed by atoms with Gasteiger partial charge in [-0.05, 0) is 38.5 Å². The molecule has 0 amide bonds. The van der Waals surface area contributed by atoms with Gasteiger partial charge in [-0.15, -0.1) is 0 Å². The van der Waals surface area contributed by atoms with Crippen molar-refractivity contribution in [3.05, 3.63) is 29.6 Å². The molecule has 0 atom stereocenters. The Balaban J connectivity index is 2.82. The van der Waals surface area contributed by atoms with E-state index in [0.717, 1.165) is 16.6 Å². The maximum absolute atomic E-state index is 11.1. The van der Waals surface area contributed by atoms with Gasteiger partial charge >= 0.3 is 5.97 Å². The van der Waals surface area contributed by atoms with E-state index >= 15 is 0 Å². The molecule has 1 N–H and O–H groups in total. The highest BCUT2D eigenvalue weighted by Crippen LogP contribution is 2.22. The molecule has 2 aromatic rings. The zero-order valence-corrected chi connectivity index (χ0v) is 9.56. The van der Waals surface area contributed by atoms with E-state index < -0.39 is 5.97 Å². The number of carboxylic acid groups (broad SMARTS) is 1. The minimum Gasteiger partial charge on any atom is -0.475 e. The summed E-state index contributed by atoms with van der Waals surface area (Å²) in [6, 6.07) is 5.84. The quantitative estimate of drug-likeness (QED) is 0.843. The van der Waals surface area contributed by atoms with Gasteiger partial charge in [-0.2, -0.15) is 0 Å². The molecule has 0 radical (unpaired) electrons. The molecule has 0 aliphatic rings. The van der Waals surface area contributed by atoms with Crippen LogP contribution in [0.3, 0.4) is 0 Å². The topological polar surface area (TPSA) is 55.1 Å². The Morgan fingerprint density at radius 2 is 2.12 bits per heavy atom. The van der Waals surface area contributed by atoms with E-state index in [-0.39, 0.29) is 11.9 Å². The number of fused-ring (bicyclic) bond motifs is 1. The molecule has 1 aromatic carbocycles. The van der Waals surface area contributed by atoms with Gasteiger partial charge in [0.1, 0.15) is 0 Å². The van der Waals surface area contributed by atoms with Crippen molar-refractivity contribution in [2.75, 3.05) is 0 Å². The first-order valence-corrected chi connectivity index (χ1v) is 5.22. The van der Waals surface area contributed by atoms with Crippen LogP contribution in [0.15, 0.2) is 18.2 Å². The van der Waals surface area contributed by atoms with Gasteiger partial charge in [0, 0.05) is 6.04 Å². The maximum Gasteiger partial charge on any atom is 0.372 e. The second-order valence-corrected chi connectivity index (χ2v) is 4.20. The first-order valence-electron chi connectivity index (χ1n) is 5.22. The van der Waals surface area contributed by atoms with Crippen molar-refractivity contribution in [1.29, 1.82) is 0 Å². The summed E-state index contributed by atoms with van der Waals surface area (Å²) in [6.45, 7) is 5.89. The molecule has 1 heterocycles. The van der Waals surface area contributed by atoms with E-state index in [1.165, 1.54) is 0 Å². The van der Waals surface area contributed by atoms with Crippen LogP contribution in [-0.2, 0) is 0 Å². The minimum atomic E-state index is -0.984. The number of benzene rings is 1. The predicted octanol–water partition coefficient (Wildman–Crippen LogP) is 2.62. The lowest BCUT2D eigenvalue weighted by molar-refractivity contribution is 0.0677. The predicted molar refractivity (Wildman–Crippen MR) is 61.8 cm³/mol. The number of nitrogens with zero attached hydrogens (tertiary/aromatic N) is 2. The molecule has 4 heteroatoms. The van der Waals surface area contributed by atoms with Crippen LogP contribution in [0.4, 0.5) is 0 Å². The van der Waals surface area contributed by atoms with Crippen LogP contribution in [0.5, 0.6) is 0 Å². The van der Waals surface area contributed by atoms with Crippen molar-refractivity contribution in [1.82, 2.24) is 9.55 Å². The van der Waals surface area contributed by atoms with Crippen LogP contribution < -0.4 is 0 Å².